The highest BCUT2D eigenvalue weighted by molar-refractivity contribution is 7.89. The predicted molar refractivity (Wildman–Crippen MR) is 80.1 cm³/mol. The molecule has 2 aromatic rings. The number of alkyl halides is 3. The maximum atomic E-state index is 12.4. The Morgan fingerprint density at radius 3 is 2.25 bits per heavy atom. The van der Waals surface area contributed by atoms with Crippen molar-refractivity contribution in [2.75, 3.05) is 7.11 Å². The summed E-state index contributed by atoms with van der Waals surface area (Å²) in [4.78, 5) is -0.0301. The second kappa shape index (κ2) is 7.10. The third-order valence-electron chi connectivity index (χ3n) is 3.02. The van der Waals surface area contributed by atoms with Crippen LogP contribution in [0.15, 0.2) is 53.4 Å². The molecule has 0 radical (unpaired) electrons. The molecule has 130 valence electrons. The maximum absolute atomic E-state index is 12.4. The molecule has 0 fully saturated rings. The highest BCUT2D eigenvalue weighted by atomic mass is 32.2. The Labute approximate surface area is 137 Å². The summed E-state index contributed by atoms with van der Waals surface area (Å²) in [5, 5.41) is 0. The van der Waals surface area contributed by atoms with Crippen LogP contribution < -0.4 is 14.2 Å². The number of hydrogen-bond donors (Lipinski definition) is 1. The molecule has 0 amide bonds. The van der Waals surface area contributed by atoms with E-state index in [0.29, 0.717) is 5.75 Å². The number of para-hydroxylation sites is 1. The van der Waals surface area contributed by atoms with Crippen LogP contribution in [0.25, 0.3) is 0 Å². The molecule has 0 aliphatic carbocycles. The zero-order valence-electron chi connectivity index (χ0n) is 12.5. The average molecular weight is 361 g/mol. The lowest BCUT2D eigenvalue weighted by atomic mass is 10.2. The van der Waals surface area contributed by atoms with Crippen LogP contribution in [0.5, 0.6) is 11.5 Å². The summed E-state index contributed by atoms with van der Waals surface area (Å²) in [6, 6.07) is 10.9. The first kappa shape index (κ1) is 18.1. The van der Waals surface area contributed by atoms with Crippen molar-refractivity contribution in [3.8, 4) is 11.5 Å². The quantitative estimate of drug-likeness (QED) is 0.859. The van der Waals surface area contributed by atoms with E-state index in [4.69, 9.17) is 4.74 Å². The van der Waals surface area contributed by atoms with Gasteiger partial charge in [-0.05, 0) is 30.3 Å². The lowest BCUT2D eigenvalue weighted by Crippen LogP contribution is -2.24. The van der Waals surface area contributed by atoms with Gasteiger partial charge in [0.15, 0.2) is 0 Å². The highest BCUT2D eigenvalue weighted by Crippen LogP contribution is 2.26. The Morgan fingerprint density at radius 2 is 1.67 bits per heavy atom. The molecule has 2 aromatic carbocycles. The molecular formula is C15H14F3NO4S. The lowest BCUT2D eigenvalue weighted by Gasteiger charge is -2.14. The summed E-state index contributed by atoms with van der Waals surface area (Å²) in [5.41, 5.74) is 0.0620. The van der Waals surface area contributed by atoms with E-state index < -0.39 is 22.1 Å². The molecular weight excluding hydrogens is 347 g/mol. The molecule has 0 saturated heterocycles. The number of benzene rings is 2. The first-order chi connectivity index (χ1) is 11.2. The largest absolute Gasteiger partial charge is 0.573 e. The molecule has 0 heterocycles. The van der Waals surface area contributed by atoms with E-state index in [1.54, 1.807) is 0 Å². The van der Waals surface area contributed by atoms with E-state index in [0.717, 1.165) is 6.07 Å². The summed E-state index contributed by atoms with van der Waals surface area (Å²) in [7, 11) is -2.44. The lowest BCUT2D eigenvalue weighted by molar-refractivity contribution is -0.274. The smallest absolute Gasteiger partial charge is 0.497 e. The van der Waals surface area contributed by atoms with Crippen molar-refractivity contribution in [3.05, 3.63) is 54.1 Å². The van der Waals surface area contributed by atoms with Crippen molar-refractivity contribution in [1.82, 2.24) is 4.72 Å². The number of halogens is 3. The van der Waals surface area contributed by atoms with Crippen LogP contribution in [0, 0.1) is 0 Å². The molecule has 0 spiro atoms. The van der Waals surface area contributed by atoms with Gasteiger partial charge in [-0.15, -0.1) is 13.2 Å². The average Bonchev–Trinajstić information content (AvgIpc) is 2.53. The topological polar surface area (TPSA) is 64.6 Å². The Hall–Kier alpha value is -2.26. The van der Waals surface area contributed by atoms with Gasteiger partial charge in [0.25, 0.3) is 0 Å². The molecule has 0 bridgehead atoms. The van der Waals surface area contributed by atoms with Gasteiger partial charge in [-0.2, -0.15) is 0 Å². The van der Waals surface area contributed by atoms with Gasteiger partial charge in [0.2, 0.25) is 10.0 Å². The van der Waals surface area contributed by atoms with Gasteiger partial charge in [0, 0.05) is 12.1 Å². The van der Waals surface area contributed by atoms with Crippen LogP contribution in [-0.4, -0.2) is 21.9 Å². The molecule has 2 rings (SSSR count). The molecule has 9 heteroatoms. The van der Waals surface area contributed by atoms with E-state index in [2.05, 4.69) is 9.46 Å². The number of rotatable bonds is 6. The van der Waals surface area contributed by atoms with Crippen LogP contribution in [0.2, 0.25) is 0 Å². The fourth-order valence-corrected chi connectivity index (χ4v) is 2.89. The van der Waals surface area contributed by atoms with E-state index in [-0.39, 0.29) is 17.0 Å². The van der Waals surface area contributed by atoms with Crippen molar-refractivity contribution in [1.29, 1.82) is 0 Å². The van der Waals surface area contributed by atoms with Crippen LogP contribution in [0.3, 0.4) is 0 Å². The Morgan fingerprint density at radius 1 is 1.04 bits per heavy atom. The third kappa shape index (κ3) is 4.87. The van der Waals surface area contributed by atoms with Crippen molar-refractivity contribution < 1.29 is 31.1 Å². The second-order valence-electron chi connectivity index (χ2n) is 4.66. The van der Waals surface area contributed by atoms with Crippen LogP contribution >= 0.6 is 0 Å². The van der Waals surface area contributed by atoms with Gasteiger partial charge in [-0.3, -0.25) is 0 Å². The van der Waals surface area contributed by atoms with Gasteiger partial charge >= 0.3 is 6.36 Å². The molecule has 0 aliphatic rings. The van der Waals surface area contributed by atoms with E-state index >= 15 is 0 Å². The molecule has 0 atom stereocenters. The number of ether oxygens (including phenoxy) is 2. The molecule has 24 heavy (non-hydrogen) atoms. The summed E-state index contributed by atoms with van der Waals surface area (Å²) < 4.78 is 72.5. The van der Waals surface area contributed by atoms with Gasteiger partial charge in [0.1, 0.15) is 11.5 Å². The zero-order chi connectivity index (χ0) is 17.8. The molecule has 5 nitrogen and oxygen atoms in total. The highest BCUT2D eigenvalue weighted by Gasteiger charge is 2.32. The fourth-order valence-electron chi connectivity index (χ4n) is 1.89. The van der Waals surface area contributed by atoms with Gasteiger partial charge < -0.3 is 9.47 Å². The van der Waals surface area contributed by atoms with E-state index in [1.165, 1.54) is 49.6 Å². The van der Waals surface area contributed by atoms with Gasteiger partial charge in [-0.1, -0.05) is 18.2 Å². The van der Waals surface area contributed by atoms with Crippen LogP contribution in [-0.2, 0) is 16.6 Å². The number of nitrogens with one attached hydrogen (secondary N) is 1. The number of methoxy groups -OCH3 is 1. The standard InChI is InChI=1S/C15H14F3NO4S/c1-22-12-6-8-13(9-7-12)24(20,21)19-10-11-4-2-3-5-14(11)23-15(16,17)18/h2-9,19H,10H2,1H3. The first-order valence-corrected chi connectivity index (χ1v) is 8.17. The first-order valence-electron chi connectivity index (χ1n) is 6.68. The van der Waals surface area contributed by atoms with E-state index in [1.807, 2.05) is 0 Å². The van der Waals surface area contributed by atoms with Crippen molar-refractivity contribution in [2.45, 2.75) is 17.8 Å². The van der Waals surface area contributed by atoms with Crippen molar-refractivity contribution in [2.24, 2.45) is 0 Å². The molecule has 0 saturated carbocycles. The molecule has 0 aliphatic heterocycles. The minimum atomic E-state index is -4.86. The second-order valence-corrected chi connectivity index (χ2v) is 6.42. The molecule has 0 unspecified atom stereocenters. The maximum Gasteiger partial charge on any atom is 0.573 e. The Balaban J connectivity index is 2.14. The Bertz CT molecular complexity index is 789. The monoisotopic (exact) mass is 361 g/mol. The molecule has 1 N–H and O–H groups in total. The minimum absolute atomic E-state index is 0.0301. The molecule has 0 aromatic heterocycles. The zero-order valence-corrected chi connectivity index (χ0v) is 13.3. The van der Waals surface area contributed by atoms with Crippen LogP contribution in [0.4, 0.5) is 13.2 Å². The Kier molecular flexibility index (Phi) is 5.35. The SMILES string of the molecule is COc1ccc(S(=O)(=O)NCc2ccccc2OC(F)(F)F)cc1. The number of hydrogen-bond acceptors (Lipinski definition) is 4. The van der Waals surface area contributed by atoms with Crippen LogP contribution in [0.1, 0.15) is 5.56 Å². The summed E-state index contributed by atoms with van der Waals surface area (Å²) in [5.74, 6) is 0.0281. The summed E-state index contributed by atoms with van der Waals surface area (Å²) >= 11 is 0. The van der Waals surface area contributed by atoms with Gasteiger partial charge in [-0.25, -0.2) is 13.1 Å². The number of sulfonamides is 1. The minimum Gasteiger partial charge on any atom is -0.497 e. The summed E-state index contributed by atoms with van der Waals surface area (Å²) in [6.45, 7) is -0.347. The van der Waals surface area contributed by atoms with E-state index in [9.17, 15) is 21.6 Å². The third-order valence-corrected chi connectivity index (χ3v) is 4.44. The predicted octanol–water partition coefficient (Wildman–Crippen LogP) is 3.07. The summed E-state index contributed by atoms with van der Waals surface area (Å²) in [6.07, 6.45) is -4.86. The van der Waals surface area contributed by atoms with Crippen molar-refractivity contribution in [3.63, 3.8) is 0 Å². The fraction of sp³-hybridized carbons (Fsp3) is 0.200. The van der Waals surface area contributed by atoms with Crippen molar-refractivity contribution >= 4 is 10.0 Å². The normalized spacial score (nSPS) is 12.0. The van der Waals surface area contributed by atoms with Gasteiger partial charge in [0.05, 0.1) is 12.0 Å².